The second-order valence-corrected chi connectivity index (χ2v) is 6.05. The van der Waals surface area contributed by atoms with Crippen LogP contribution < -0.4 is 4.74 Å². The molecule has 3 aromatic heterocycles. The van der Waals surface area contributed by atoms with E-state index in [1.807, 2.05) is 18.3 Å². The lowest BCUT2D eigenvalue weighted by molar-refractivity contribution is 0.321. The summed E-state index contributed by atoms with van der Waals surface area (Å²) in [6, 6.07) is 8.23. The van der Waals surface area contributed by atoms with Gasteiger partial charge in [-0.25, -0.2) is 9.97 Å². The van der Waals surface area contributed by atoms with Crippen molar-refractivity contribution in [2.45, 2.75) is 6.42 Å². The first-order valence-electron chi connectivity index (χ1n) is 6.76. The van der Waals surface area contributed by atoms with E-state index in [0.717, 1.165) is 16.8 Å². The summed E-state index contributed by atoms with van der Waals surface area (Å²) in [6.45, 7) is 0.558. The number of aromatic nitrogens is 4. The molecule has 0 aliphatic rings. The second-order valence-electron chi connectivity index (χ2n) is 4.77. The number of rotatable bonds is 4. The molecule has 4 aromatic rings. The van der Waals surface area contributed by atoms with Gasteiger partial charge in [-0.2, -0.15) is 4.98 Å². The van der Waals surface area contributed by atoms with Crippen LogP contribution in [-0.2, 0) is 6.42 Å². The van der Waals surface area contributed by atoms with E-state index in [9.17, 15) is 0 Å². The van der Waals surface area contributed by atoms with Crippen LogP contribution in [0.2, 0.25) is 5.28 Å². The highest BCUT2D eigenvalue weighted by Gasteiger charge is 2.08. The van der Waals surface area contributed by atoms with E-state index in [1.54, 1.807) is 6.20 Å². The first-order chi connectivity index (χ1) is 10.8. The molecular weight excluding hydrogens is 320 g/mol. The topological polar surface area (TPSA) is 63.7 Å². The summed E-state index contributed by atoms with van der Waals surface area (Å²) in [5.74, 6) is 0. The van der Waals surface area contributed by atoms with E-state index in [2.05, 4.69) is 32.1 Å². The number of halogens is 1. The lowest BCUT2D eigenvalue weighted by atomic mass is 10.1. The third kappa shape index (κ3) is 2.51. The maximum Gasteiger partial charge on any atom is 0.275 e. The summed E-state index contributed by atoms with van der Waals surface area (Å²) in [5.41, 5.74) is 3.08. The van der Waals surface area contributed by atoms with Gasteiger partial charge in [0.25, 0.3) is 5.19 Å². The highest BCUT2D eigenvalue weighted by molar-refractivity contribution is 7.19. The molecule has 0 aliphatic heterocycles. The van der Waals surface area contributed by atoms with Crippen molar-refractivity contribution >= 4 is 44.2 Å². The number of nitrogens with zero attached hydrogens (tertiary/aromatic N) is 3. The zero-order valence-electron chi connectivity index (χ0n) is 11.4. The van der Waals surface area contributed by atoms with E-state index in [1.165, 1.54) is 22.3 Å². The number of para-hydroxylation sites is 1. The number of fused-ring (bicyclic) bond motifs is 2. The molecule has 0 aliphatic carbocycles. The minimum Gasteiger partial charge on any atom is -0.470 e. The maximum atomic E-state index is 5.77. The van der Waals surface area contributed by atoms with Crippen LogP contribution in [0, 0.1) is 0 Å². The molecule has 0 bridgehead atoms. The Morgan fingerprint density at radius 1 is 1.23 bits per heavy atom. The molecule has 0 atom stereocenters. The van der Waals surface area contributed by atoms with Crippen LogP contribution in [0.1, 0.15) is 5.56 Å². The fraction of sp³-hybridized carbons (Fsp3) is 0.133. The molecule has 0 radical (unpaired) electrons. The summed E-state index contributed by atoms with van der Waals surface area (Å²) in [6.07, 6.45) is 4.44. The Morgan fingerprint density at radius 2 is 2.14 bits per heavy atom. The second kappa shape index (κ2) is 5.55. The third-order valence-corrected chi connectivity index (χ3v) is 4.43. The molecule has 1 aromatic carbocycles. The van der Waals surface area contributed by atoms with Crippen molar-refractivity contribution in [3.8, 4) is 5.19 Å². The van der Waals surface area contributed by atoms with Crippen molar-refractivity contribution < 1.29 is 4.74 Å². The van der Waals surface area contributed by atoms with Crippen LogP contribution in [0.5, 0.6) is 5.19 Å². The predicted molar refractivity (Wildman–Crippen MR) is 87.7 cm³/mol. The summed E-state index contributed by atoms with van der Waals surface area (Å²) < 4.78 is 5.74. The van der Waals surface area contributed by atoms with Gasteiger partial charge in [-0.15, -0.1) is 0 Å². The third-order valence-electron chi connectivity index (χ3n) is 3.37. The molecule has 110 valence electrons. The van der Waals surface area contributed by atoms with Crippen molar-refractivity contribution in [1.29, 1.82) is 0 Å². The molecule has 0 spiro atoms. The summed E-state index contributed by atoms with van der Waals surface area (Å²) in [5, 5.41) is 2.04. The highest BCUT2D eigenvalue weighted by Crippen LogP contribution is 2.26. The highest BCUT2D eigenvalue weighted by atomic mass is 35.5. The van der Waals surface area contributed by atoms with Crippen molar-refractivity contribution in [3.63, 3.8) is 0 Å². The van der Waals surface area contributed by atoms with Crippen LogP contribution in [0.15, 0.2) is 36.7 Å². The summed E-state index contributed by atoms with van der Waals surface area (Å²) >= 11 is 7.14. The van der Waals surface area contributed by atoms with Gasteiger partial charge >= 0.3 is 0 Å². The first kappa shape index (κ1) is 13.5. The van der Waals surface area contributed by atoms with Crippen LogP contribution in [0.4, 0.5) is 0 Å². The monoisotopic (exact) mass is 330 g/mol. The van der Waals surface area contributed by atoms with E-state index < -0.39 is 0 Å². The Morgan fingerprint density at radius 3 is 3.09 bits per heavy atom. The number of benzene rings is 1. The predicted octanol–water partition coefficient (Wildman–Crippen LogP) is 3.84. The Hall–Kier alpha value is -2.18. The SMILES string of the molecule is Clc1ncc2nc(OCCc3c[nH]c4ccccc34)sc2n1. The Balaban J connectivity index is 1.47. The normalized spacial score (nSPS) is 11.3. The fourth-order valence-electron chi connectivity index (χ4n) is 2.34. The number of hydrogen-bond acceptors (Lipinski definition) is 5. The van der Waals surface area contributed by atoms with Crippen LogP contribution >= 0.6 is 22.9 Å². The lowest BCUT2D eigenvalue weighted by Crippen LogP contribution is -2.00. The quantitative estimate of drug-likeness (QED) is 0.577. The minimum absolute atomic E-state index is 0.224. The standard InChI is InChI=1S/C15H11ClN4OS/c16-14-18-8-12-13(20-14)22-15(19-12)21-6-5-9-7-17-11-4-2-1-3-10(9)11/h1-4,7-8,17H,5-6H2. The summed E-state index contributed by atoms with van der Waals surface area (Å²) in [7, 11) is 0. The molecule has 5 nitrogen and oxygen atoms in total. The van der Waals surface area contributed by atoms with Crippen molar-refractivity contribution in [1.82, 2.24) is 19.9 Å². The molecule has 1 N–H and O–H groups in total. The van der Waals surface area contributed by atoms with E-state index in [-0.39, 0.29) is 5.28 Å². The van der Waals surface area contributed by atoms with Crippen molar-refractivity contribution in [2.24, 2.45) is 0 Å². The molecule has 3 heterocycles. The largest absolute Gasteiger partial charge is 0.470 e. The van der Waals surface area contributed by atoms with Gasteiger partial charge in [-0.05, 0) is 23.2 Å². The number of aromatic amines is 1. The maximum absolute atomic E-state index is 5.77. The molecule has 0 unspecified atom stereocenters. The molecule has 22 heavy (non-hydrogen) atoms. The number of thiazole rings is 1. The number of ether oxygens (including phenoxy) is 1. The number of hydrogen-bond donors (Lipinski definition) is 1. The van der Waals surface area contributed by atoms with Gasteiger partial charge in [0.05, 0.1) is 12.8 Å². The zero-order chi connectivity index (χ0) is 14.9. The van der Waals surface area contributed by atoms with Gasteiger partial charge < -0.3 is 9.72 Å². The van der Waals surface area contributed by atoms with Gasteiger partial charge in [0.15, 0.2) is 4.83 Å². The van der Waals surface area contributed by atoms with Gasteiger partial charge in [-0.1, -0.05) is 29.5 Å². The molecule has 7 heteroatoms. The number of H-pyrrole nitrogens is 1. The Bertz CT molecular complexity index is 949. The average Bonchev–Trinajstić information content (AvgIpc) is 3.11. The lowest BCUT2D eigenvalue weighted by Gasteiger charge is -2.01. The fourth-order valence-corrected chi connectivity index (χ4v) is 3.31. The molecule has 4 rings (SSSR count). The molecule has 0 amide bonds. The first-order valence-corrected chi connectivity index (χ1v) is 7.96. The Kier molecular flexibility index (Phi) is 3.40. The van der Waals surface area contributed by atoms with Gasteiger partial charge in [0, 0.05) is 23.5 Å². The molecule has 0 fully saturated rings. The van der Waals surface area contributed by atoms with Gasteiger partial charge in [-0.3, -0.25) is 0 Å². The van der Waals surface area contributed by atoms with Gasteiger partial charge in [0.2, 0.25) is 5.28 Å². The number of nitrogens with one attached hydrogen (secondary N) is 1. The molecule has 0 saturated carbocycles. The van der Waals surface area contributed by atoms with E-state index in [0.29, 0.717) is 17.3 Å². The Labute approximate surface area is 135 Å². The molecule has 0 saturated heterocycles. The average molecular weight is 331 g/mol. The molecular formula is C15H11ClN4OS. The smallest absolute Gasteiger partial charge is 0.275 e. The minimum atomic E-state index is 0.224. The van der Waals surface area contributed by atoms with Crippen molar-refractivity contribution in [3.05, 3.63) is 47.5 Å². The zero-order valence-corrected chi connectivity index (χ0v) is 13.0. The van der Waals surface area contributed by atoms with Crippen LogP contribution in [0.25, 0.3) is 21.3 Å². The van der Waals surface area contributed by atoms with E-state index >= 15 is 0 Å². The van der Waals surface area contributed by atoms with Gasteiger partial charge in [0.1, 0.15) is 5.52 Å². The van der Waals surface area contributed by atoms with E-state index in [4.69, 9.17) is 16.3 Å². The van der Waals surface area contributed by atoms with Crippen LogP contribution in [-0.4, -0.2) is 26.5 Å². The van der Waals surface area contributed by atoms with Crippen LogP contribution in [0.3, 0.4) is 0 Å². The summed E-state index contributed by atoms with van der Waals surface area (Å²) in [4.78, 5) is 16.4. The van der Waals surface area contributed by atoms with Crippen molar-refractivity contribution in [2.75, 3.05) is 6.61 Å².